The summed E-state index contributed by atoms with van der Waals surface area (Å²) >= 11 is 1.98. The number of fused-ring (bicyclic) bond motifs is 8. The zero-order valence-electron chi connectivity index (χ0n) is 51.2. The molecule has 5 nitrogen and oxygen atoms in total. The number of allylic oxidation sites excluding steroid dienone is 2. The maximum atomic E-state index is 7.28. The predicted molar refractivity (Wildman–Crippen MR) is 393 cm³/mol. The first-order valence-corrected chi connectivity index (χ1v) is 33.1. The van der Waals surface area contributed by atoms with Gasteiger partial charge in [0.05, 0.1) is 17.1 Å². The number of nitrogens with zero attached hydrogens (tertiary/aromatic N) is 4. The Hall–Kier alpha value is -11.2. The number of ether oxygens (including phenoxy) is 1. The van der Waals surface area contributed by atoms with Crippen molar-refractivity contribution in [3.05, 3.63) is 350 Å². The average molecular weight is 1210 g/mol. The zero-order chi connectivity index (χ0) is 61.5. The van der Waals surface area contributed by atoms with Crippen molar-refractivity contribution >= 4 is 110 Å². The van der Waals surface area contributed by atoms with Crippen molar-refractivity contribution in [2.24, 2.45) is 0 Å². The molecule has 0 spiro atoms. The number of rotatable bonds is 11. The first-order chi connectivity index (χ1) is 46.1. The molecular formula is C85H60B2N4OS. The van der Waals surface area contributed by atoms with Crippen LogP contribution in [0.5, 0.6) is 11.5 Å². The van der Waals surface area contributed by atoms with Gasteiger partial charge in [-0.25, -0.2) is 0 Å². The fraction of sp³-hybridized carbons (Fsp3) is 0.0353. The van der Waals surface area contributed by atoms with Crippen LogP contribution in [0.2, 0.25) is 5.82 Å². The number of anilines is 11. The van der Waals surface area contributed by atoms with E-state index in [0.29, 0.717) is 0 Å². The van der Waals surface area contributed by atoms with E-state index in [-0.39, 0.29) is 24.5 Å². The molecule has 0 amide bonds. The number of hydrogen-bond acceptors (Lipinski definition) is 6. The standard InChI is InChI=1S/C85H60B2N4OS/c1-57-25-24-38-70(62-30-12-4-13-31-62)85(57)91-76-56-81-74(55-73(76)86-71-39-20-22-41-75(71)90(65-36-18-7-19-37-65)77-51-68(52-78(91)83(77)86)88(63-32-14-5-15-33-63)64-34-16-6-17-35-64)87-72-40-21-23-42-79(72)92-80-53-69(54-82(93-81)84(80)87)89(66-47-43-60(44-48-66)58-26-8-2-9-27-58)67-49-45-61(46-50-67)59-28-10-3-11-29-59/h2-56,74,81H,1H3. The highest BCUT2D eigenvalue weighted by Gasteiger charge is 2.52. The average Bonchev–Trinajstić information content (AvgIpc) is 0.693. The van der Waals surface area contributed by atoms with E-state index in [1.807, 2.05) is 11.8 Å². The summed E-state index contributed by atoms with van der Waals surface area (Å²) in [5.74, 6) is 1.87. The Bertz CT molecular complexity index is 4950. The van der Waals surface area contributed by atoms with E-state index in [9.17, 15) is 0 Å². The van der Waals surface area contributed by atoms with Gasteiger partial charge in [0.15, 0.2) is 0 Å². The van der Waals surface area contributed by atoms with E-state index in [1.165, 1.54) is 88.2 Å². The fourth-order valence-corrected chi connectivity index (χ4v) is 16.8. The molecule has 8 heteroatoms. The molecule has 18 rings (SSSR count). The summed E-state index contributed by atoms with van der Waals surface area (Å²) in [4.78, 5) is 11.3. The molecule has 4 heterocycles. The summed E-state index contributed by atoms with van der Waals surface area (Å²) in [7, 11) is 0. The third-order valence-electron chi connectivity index (χ3n) is 19.4. The van der Waals surface area contributed by atoms with Gasteiger partial charge in [0.1, 0.15) is 11.5 Å². The highest BCUT2D eigenvalue weighted by Crippen LogP contribution is 2.56. The highest BCUT2D eigenvalue weighted by molar-refractivity contribution is 8.00. The van der Waals surface area contributed by atoms with Gasteiger partial charge in [-0.05, 0) is 171 Å². The van der Waals surface area contributed by atoms with Crippen LogP contribution in [0.4, 0.5) is 62.6 Å². The Labute approximate surface area is 548 Å². The van der Waals surface area contributed by atoms with Crippen LogP contribution < -0.4 is 46.2 Å². The van der Waals surface area contributed by atoms with Crippen LogP contribution in [0.25, 0.3) is 33.4 Å². The predicted octanol–water partition coefficient (Wildman–Crippen LogP) is 20.1. The molecule has 0 bridgehead atoms. The van der Waals surface area contributed by atoms with Crippen LogP contribution in [-0.2, 0) is 0 Å². The molecule has 0 saturated carbocycles. The minimum Gasteiger partial charge on any atom is -0.458 e. The summed E-state index contributed by atoms with van der Waals surface area (Å²) in [6.45, 7) is 2.18. The summed E-state index contributed by atoms with van der Waals surface area (Å²) in [5, 5.41) is 0.0138. The Morgan fingerprint density at radius 3 is 1.48 bits per heavy atom. The van der Waals surface area contributed by atoms with Crippen LogP contribution >= 0.6 is 11.8 Å². The summed E-state index contributed by atoms with van der Waals surface area (Å²) in [6.07, 6.45) is 5.40. The summed E-state index contributed by atoms with van der Waals surface area (Å²) in [6, 6.07) is 118. The molecule has 93 heavy (non-hydrogen) atoms. The molecule has 2 atom stereocenters. The first kappa shape index (κ1) is 54.7. The Balaban J connectivity index is 0.880. The van der Waals surface area contributed by atoms with Crippen molar-refractivity contribution in [1.82, 2.24) is 0 Å². The van der Waals surface area contributed by atoms with Gasteiger partial charge < -0.3 is 24.3 Å². The van der Waals surface area contributed by atoms with E-state index in [1.54, 1.807) is 0 Å². The Kier molecular flexibility index (Phi) is 13.3. The Morgan fingerprint density at radius 2 is 0.871 bits per heavy atom. The lowest BCUT2D eigenvalue weighted by molar-refractivity contribution is 0.485. The topological polar surface area (TPSA) is 22.2 Å². The molecule has 2 unspecified atom stereocenters. The SMILES string of the molecule is Cc1cccc(-c2ccccc2)c1N1C2=CC3Sc4cc(N(c5ccc(-c6ccccc6)cc5)c5ccc(-c6ccccc6)cc5)cc5c4B(c4ccccc4O5)C3C=C2B2c3ccccc3N(c3ccccc3)c3cc(N(c4ccccc4)c4ccccc4)cc1c32. The van der Waals surface area contributed by atoms with Gasteiger partial charge in [-0.15, -0.1) is 11.8 Å². The number of benzene rings is 13. The maximum Gasteiger partial charge on any atom is 0.251 e. The normalized spacial score (nSPS) is 15.2. The second kappa shape index (κ2) is 22.6. The van der Waals surface area contributed by atoms with Crippen molar-refractivity contribution in [3.8, 4) is 44.9 Å². The number of aryl methyl sites for hydroxylation is 1. The van der Waals surface area contributed by atoms with Crippen molar-refractivity contribution in [3.63, 3.8) is 0 Å². The van der Waals surface area contributed by atoms with Crippen molar-refractivity contribution in [2.45, 2.75) is 22.9 Å². The zero-order valence-corrected chi connectivity index (χ0v) is 52.0. The molecule has 5 aliphatic rings. The largest absolute Gasteiger partial charge is 0.458 e. The van der Waals surface area contributed by atoms with Gasteiger partial charge in [0.2, 0.25) is 6.71 Å². The lowest BCUT2D eigenvalue weighted by Gasteiger charge is -2.50. The van der Waals surface area contributed by atoms with Crippen LogP contribution in [0.15, 0.2) is 350 Å². The molecule has 1 aliphatic carbocycles. The summed E-state index contributed by atoms with van der Waals surface area (Å²) < 4.78 is 7.28. The number of para-hydroxylation sites is 6. The third kappa shape index (κ3) is 9.26. The minimum absolute atomic E-state index is 0.00528. The quantitative estimate of drug-likeness (QED) is 0.120. The minimum atomic E-state index is -0.117. The molecule has 13 aromatic rings. The van der Waals surface area contributed by atoms with Crippen LogP contribution in [0, 0.1) is 6.92 Å². The van der Waals surface area contributed by atoms with Gasteiger partial charge in [-0.1, -0.05) is 231 Å². The van der Waals surface area contributed by atoms with Crippen LogP contribution in [-0.4, -0.2) is 18.7 Å². The third-order valence-corrected chi connectivity index (χ3v) is 20.7. The van der Waals surface area contributed by atoms with E-state index in [2.05, 4.69) is 360 Å². The molecule has 0 N–H and O–H groups in total. The van der Waals surface area contributed by atoms with E-state index >= 15 is 0 Å². The highest BCUT2D eigenvalue weighted by atomic mass is 32.2. The molecule has 438 valence electrons. The number of thioether (sulfide) groups is 1. The van der Waals surface area contributed by atoms with Gasteiger partial charge >= 0.3 is 0 Å². The van der Waals surface area contributed by atoms with Crippen molar-refractivity contribution in [1.29, 1.82) is 0 Å². The van der Waals surface area contributed by atoms with E-state index in [4.69, 9.17) is 4.74 Å². The molecule has 0 aromatic heterocycles. The lowest BCUT2D eigenvalue weighted by Crippen LogP contribution is -2.59. The Morgan fingerprint density at radius 1 is 0.376 bits per heavy atom. The monoisotopic (exact) mass is 1210 g/mol. The fourth-order valence-electron chi connectivity index (χ4n) is 15.3. The smallest absolute Gasteiger partial charge is 0.251 e. The van der Waals surface area contributed by atoms with Crippen molar-refractivity contribution < 1.29 is 4.74 Å². The van der Waals surface area contributed by atoms with Gasteiger partial charge in [-0.3, -0.25) is 0 Å². The second-order valence-corrected chi connectivity index (χ2v) is 25.9. The molecular weight excluding hydrogens is 1150 g/mol. The van der Waals surface area contributed by atoms with Gasteiger partial charge in [0, 0.05) is 73.0 Å². The summed E-state index contributed by atoms with van der Waals surface area (Å²) in [5.41, 5.74) is 28.0. The maximum absolute atomic E-state index is 7.28. The lowest BCUT2D eigenvalue weighted by atomic mass is 9.28. The van der Waals surface area contributed by atoms with Crippen molar-refractivity contribution in [2.75, 3.05) is 19.6 Å². The molecule has 0 fully saturated rings. The molecule has 0 radical (unpaired) electrons. The molecule has 0 saturated heterocycles. The second-order valence-electron chi connectivity index (χ2n) is 24.7. The van der Waals surface area contributed by atoms with E-state index in [0.717, 1.165) is 62.7 Å². The van der Waals surface area contributed by atoms with Crippen LogP contribution in [0.3, 0.4) is 0 Å². The molecule has 13 aromatic carbocycles. The van der Waals surface area contributed by atoms with Crippen LogP contribution in [0.1, 0.15) is 5.56 Å². The number of hydrogen-bond donors (Lipinski definition) is 0. The molecule has 4 aliphatic heterocycles. The first-order valence-electron chi connectivity index (χ1n) is 32.2. The van der Waals surface area contributed by atoms with E-state index < -0.39 is 0 Å². The van der Waals surface area contributed by atoms with Gasteiger partial charge in [0.25, 0.3) is 6.71 Å². The van der Waals surface area contributed by atoms with Gasteiger partial charge in [-0.2, -0.15) is 0 Å².